The molecule has 1 unspecified atom stereocenters. The highest BCUT2D eigenvalue weighted by molar-refractivity contribution is 14.1. The molecular formula is C15H18IN3O. The molecule has 0 bridgehead atoms. The van der Waals surface area contributed by atoms with Gasteiger partial charge in [-0.2, -0.15) is 5.10 Å². The highest BCUT2D eigenvalue weighted by atomic mass is 127. The van der Waals surface area contributed by atoms with E-state index in [1.54, 1.807) is 0 Å². The van der Waals surface area contributed by atoms with Crippen LogP contribution in [-0.2, 0) is 6.54 Å². The first-order chi connectivity index (χ1) is 9.52. The summed E-state index contributed by atoms with van der Waals surface area (Å²) in [5.41, 5.74) is 2.73. The summed E-state index contributed by atoms with van der Waals surface area (Å²) in [6.07, 6.45) is 2.00. The summed E-state index contributed by atoms with van der Waals surface area (Å²) in [5, 5.41) is 7.45. The zero-order chi connectivity index (χ0) is 14.7. The van der Waals surface area contributed by atoms with E-state index in [9.17, 15) is 4.79 Å². The molecule has 2 rings (SSSR count). The third-order valence-electron chi connectivity index (χ3n) is 3.24. The Bertz CT molecular complexity index is 621. The van der Waals surface area contributed by atoms with Crippen molar-refractivity contribution < 1.29 is 4.79 Å². The predicted octanol–water partition coefficient (Wildman–Crippen LogP) is 3.31. The molecule has 0 saturated carbocycles. The molecule has 1 heterocycles. The summed E-state index contributed by atoms with van der Waals surface area (Å²) in [6, 6.07) is 7.52. The molecule has 1 amide bonds. The Kier molecular flexibility index (Phi) is 4.80. The summed E-state index contributed by atoms with van der Waals surface area (Å²) in [5.74, 6) is -0.0499. The van der Waals surface area contributed by atoms with Gasteiger partial charge in [-0.3, -0.25) is 9.48 Å². The molecule has 1 aromatic carbocycles. The molecule has 20 heavy (non-hydrogen) atoms. The lowest BCUT2D eigenvalue weighted by Gasteiger charge is -2.14. The van der Waals surface area contributed by atoms with Gasteiger partial charge in [0.15, 0.2) is 0 Å². The number of nitrogens with zero attached hydrogens (tertiary/aromatic N) is 2. The van der Waals surface area contributed by atoms with E-state index in [4.69, 9.17) is 0 Å². The Morgan fingerprint density at radius 3 is 2.75 bits per heavy atom. The van der Waals surface area contributed by atoms with Crippen molar-refractivity contribution >= 4 is 28.5 Å². The van der Waals surface area contributed by atoms with Crippen LogP contribution in [0.3, 0.4) is 0 Å². The monoisotopic (exact) mass is 383 g/mol. The van der Waals surface area contributed by atoms with Gasteiger partial charge in [0.1, 0.15) is 0 Å². The second kappa shape index (κ2) is 6.39. The van der Waals surface area contributed by atoms with Crippen molar-refractivity contribution in [3.05, 3.63) is 50.9 Å². The number of aryl methyl sites for hydroxylation is 2. The van der Waals surface area contributed by atoms with E-state index in [1.165, 1.54) is 0 Å². The van der Waals surface area contributed by atoms with Crippen LogP contribution in [0.1, 0.15) is 41.5 Å². The van der Waals surface area contributed by atoms with Gasteiger partial charge < -0.3 is 5.32 Å². The molecule has 1 N–H and O–H groups in total. The molecular weight excluding hydrogens is 365 g/mol. The fraction of sp³-hybridized carbons (Fsp3) is 0.333. The molecule has 5 heteroatoms. The van der Waals surface area contributed by atoms with E-state index in [-0.39, 0.29) is 11.9 Å². The fourth-order valence-electron chi connectivity index (χ4n) is 2.12. The summed E-state index contributed by atoms with van der Waals surface area (Å²) in [7, 11) is 0. The van der Waals surface area contributed by atoms with Crippen molar-refractivity contribution in [3.8, 4) is 0 Å². The molecule has 1 atom stereocenters. The van der Waals surface area contributed by atoms with Crippen LogP contribution in [0, 0.1) is 10.5 Å². The third-order valence-corrected chi connectivity index (χ3v) is 4.18. The van der Waals surface area contributed by atoms with Crippen LogP contribution >= 0.6 is 22.6 Å². The molecule has 0 saturated heterocycles. The lowest BCUT2D eigenvalue weighted by Crippen LogP contribution is -2.27. The number of hydrogen-bond acceptors (Lipinski definition) is 2. The van der Waals surface area contributed by atoms with E-state index < -0.39 is 0 Å². The minimum Gasteiger partial charge on any atom is -0.345 e. The van der Waals surface area contributed by atoms with Crippen LogP contribution in [0.5, 0.6) is 0 Å². The van der Waals surface area contributed by atoms with Gasteiger partial charge in [-0.25, -0.2) is 0 Å². The Hall–Kier alpha value is -1.37. The van der Waals surface area contributed by atoms with Crippen molar-refractivity contribution in [2.75, 3.05) is 0 Å². The summed E-state index contributed by atoms with van der Waals surface area (Å²) < 4.78 is 2.84. The van der Waals surface area contributed by atoms with Gasteiger partial charge in [0.25, 0.3) is 5.91 Å². The Labute approximate surface area is 132 Å². The smallest absolute Gasteiger partial charge is 0.252 e. The minimum atomic E-state index is -0.0567. The Balaban J connectivity index is 2.15. The lowest BCUT2D eigenvalue weighted by atomic mass is 10.1. The van der Waals surface area contributed by atoms with Crippen molar-refractivity contribution in [2.45, 2.75) is 33.4 Å². The zero-order valence-electron chi connectivity index (χ0n) is 11.9. The number of carbonyl (C=O) groups excluding carboxylic acids is 1. The lowest BCUT2D eigenvalue weighted by molar-refractivity contribution is 0.0939. The van der Waals surface area contributed by atoms with Gasteiger partial charge in [0.2, 0.25) is 0 Å². The number of aromatic nitrogens is 2. The predicted molar refractivity (Wildman–Crippen MR) is 87.7 cm³/mol. The third kappa shape index (κ3) is 3.20. The standard InChI is InChI=1S/C15H18IN3O/c1-4-19-9-13(11(3)18-19)10(2)17-15(20)12-7-5-6-8-14(12)16/h5-10H,4H2,1-3H3,(H,17,20). The summed E-state index contributed by atoms with van der Waals surface area (Å²) in [6.45, 7) is 6.83. The minimum absolute atomic E-state index is 0.0499. The van der Waals surface area contributed by atoms with Gasteiger partial charge in [-0.15, -0.1) is 0 Å². The quantitative estimate of drug-likeness (QED) is 0.824. The number of halogens is 1. The largest absolute Gasteiger partial charge is 0.345 e. The van der Waals surface area contributed by atoms with Crippen molar-refractivity contribution in [2.24, 2.45) is 0 Å². The molecule has 2 aromatic rings. The maximum absolute atomic E-state index is 12.3. The normalized spacial score (nSPS) is 12.2. The fourth-order valence-corrected chi connectivity index (χ4v) is 2.75. The maximum Gasteiger partial charge on any atom is 0.252 e. The second-order valence-corrected chi connectivity index (χ2v) is 5.86. The summed E-state index contributed by atoms with van der Waals surface area (Å²) in [4.78, 5) is 12.3. The number of nitrogens with one attached hydrogen (secondary N) is 1. The van der Waals surface area contributed by atoms with Crippen LogP contribution in [0.2, 0.25) is 0 Å². The van der Waals surface area contributed by atoms with Gasteiger partial charge in [0, 0.05) is 21.9 Å². The first-order valence-corrected chi connectivity index (χ1v) is 7.70. The van der Waals surface area contributed by atoms with Crippen LogP contribution < -0.4 is 5.32 Å². The Morgan fingerprint density at radius 1 is 1.45 bits per heavy atom. The molecule has 0 radical (unpaired) electrons. The molecule has 1 aromatic heterocycles. The topological polar surface area (TPSA) is 46.9 Å². The average Bonchev–Trinajstić information content (AvgIpc) is 2.80. The van der Waals surface area contributed by atoms with E-state index in [2.05, 4.69) is 33.0 Å². The van der Waals surface area contributed by atoms with Gasteiger partial charge in [0.05, 0.1) is 17.3 Å². The zero-order valence-corrected chi connectivity index (χ0v) is 14.0. The highest BCUT2D eigenvalue weighted by Crippen LogP contribution is 2.18. The van der Waals surface area contributed by atoms with E-state index in [0.29, 0.717) is 5.56 Å². The first-order valence-electron chi connectivity index (χ1n) is 6.62. The highest BCUT2D eigenvalue weighted by Gasteiger charge is 2.16. The van der Waals surface area contributed by atoms with E-state index >= 15 is 0 Å². The van der Waals surface area contributed by atoms with Crippen molar-refractivity contribution in [1.29, 1.82) is 0 Å². The molecule has 0 aliphatic heterocycles. The maximum atomic E-state index is 12.3. The molecule has 0 aliphatic carbocycles. The van der Waals surface area contributed by atoms with Gasteiger partial charge in [-0.05, 0) is 55.5 Å². The van der Waals surface area contributed by atoms with Gasteiger partial charge in [-0.1, -0.05) is 12.1 Å². The molecule has 0 fully saturated rings. The second-order valence-electron chi connectivity index (χ2n) is 4.70. The number of rotatable bonds is 4. The van der Waals surface area contributed by atoms with E-state index in [0.717, 1.165) is 21.4 Å². The average molecular weight is 383 g/mol. The van der Waals surface area contributed by atoms with Crippen molar-refractivity contribution in [3.63, 3.8) is 0 Å². The van der Waals surface area contributed by atoms with Crippen LogP contribution in [0.4, 0.5) is 0 Å². The van der Waals surface area contributed by atoms with E-state index in [1.807, 2.05) is 55.9 Å². The number of carbonyl (C=O) groups is 1. The number of benzene rings is 1. The van der Waals surface area contributed by atoms with Crippen LogP contribution in [0.15, 0.2) is 30.5 Å². The molecule has 4 nitrogen and oxygen atoms in total. The Morgan fingerprint density at radius 2 is 2.15 bits per heavy atom. The molecule has 0 aliphatic rings. The van der Waals surface area contributed by atoms with Crippen LogP contribution in [-0.4, -0.2) is 15.7 Å². The molecule has 106 valence electrons. The molecule has 0 spiro atoms. The van der Waals surface area contributed by atoms with Crippen LogP contribution in [0.25, 0.3) is 0 Å². The first kappa shape index (κ1) is 15.0. The summed E-state index contributed by atoms with van der Waals surface area (Å²) >= 11 is 2.18. The number of hydrogen-bond donors (Lipinski definition) is 1. The SMILES string of the molecule is CCn1cc(C(C)NC(=O)c2ccccc2I)c(C)n1. The number of amides is 1. The van der Waals surface area contributed by atoms with Crippen molar-refractivity contribution in [1.82, 2.24) is 15.1 Å². The van der Waals surface area contributed by atoms with Gasteiger partial charge >= 0.3 is 0 Å².